The molecular formula is C21H17F3N2O2. The molecule has 0 saturated heterocycles. The van der Waals surface area contributed by atoms with Crippen molar-refractivity contribution >= 4 is 17.3 Å². The minimum atomic E-state index is -4.42. The van der Waals surface area contributed by atoms with Crippen molar-refractivity contribution in [2.75, 3.05) is 11.9 Å². The second kappa shape index (κ2) is 7.34. The maximum atomic E-state index is 12.9. The zero-order valence-corrected chi connectivity index (χ0v) is 15.2. The van der Waals surface area contributed by atoms with E-state index in [0.29, 0.717) is 22.6 Å². The van der Waals surface area contributed by atoms with Crippen LogP contribution < -0.4 is 4.90 Å². The lowest BCUT2D eigenvalue weighted by atomic mass is 10.1. The van der Waals surface area contributed by atoms with Gasteiger partial charge in [-0.15, -0.1) is 0 Å². The van der Waals surface area contributed by atoms with E-state index in [4.69, 9.17) is 0 Å². The van der Waals surface area contributed by atoms with E-state index in [9.17, 15) is 23.1 Å². The number of carboxylic acids is 1. The summed E-state index contributed by atoms with van der Waals surface area (Å²) in [5.74, 6) is -1.04. The van der Waals surface area contributed by atoms with Gasteiger partial charge in [0.15, 0.2) is 0 Å². The van der Waals surface area contributed by atoms with Gasteiger partial charge >= 0.3 is 12.1 Å². The van der Waals surface area contributed by atoms with Gasteiger partial charge in [0.25, 0.3) is 0 Å². The summed E-state index contributed by atoms with van der Waals surface area (Å²) in [5.41, 5.74) is 2.10. The molecule has 3 rings (SSSR count). The minimum absolute atomic E-state index is 0.157. The molecule has 0 amide bonds. The van der Waals surface area contributed by atoms with Gasteiger partial charge in [-0.2, -0.15) is 13.2 Å². The molecule has 0 spiro atoms. The molecule has 2 aromatic carbocycles. The number of aryl methyl sites for hydroxylation is 1. The van der Waals surface area contributed by atoms with Crippen LogP contribution >= 0.6 is 0 Å². The number of hydrogen-bond donors (Lipinski definition) is 1. The number of aromatic nitrogens is 1. The molecule has 0 radical (unpaired) electrons. The molecule has 1 N–H and O–H groups in total. The quantitative estimate of drug-likeness (QED) is 0.639. The largest absolute Gasteiger partial charge is 0.478 e. The van der Waals surface area contributed by atoms with Crippen molar-refractivity contribution in [1.82, 2.24) is 4.98 Å². The van der Waals surface area contributed by atoms with Gasteiger partial charge in [-0.1, -0.05) is 23.8 Å². The molecule has 0 saturated carbocycles. The van der Waals surface area contributed by atoms with Crippen molar-refractivity contribution in [2.24, 2.45) is 0 Å². The van der Waals surface area contributed by atoms with Crippen molar-refractivity contribution in [3.63, 3.8) is 0 Å². The molecule has 28 heavy (non-hydrogen) atoms. The van der Waals surface area contributed by atoms with E-state index < -0.39 is 17.7 Å². The third-order valence-electron chi connectivity index (χ3n) is 4.36. The summed E-state index contributed by atoms with van der Waals surface area (Å²) in [7, 11) is 1.71. The van der Waals surface area contributed by atoms with Crippen molar-refractivity contribution in [3.05, 3.63) is 77.5 Å². The lowest BCUT2D eigenvalue weighted by molar-refractivity contribution is -0.137. The Morgan fingerprint density at radius 3 is 2.43 bits per heavy atom. The summed E-state index contributed by atoms with van der Waals surface area (Å²) < 4.78 is 38.7. The molecule has 0 aliphatic heterocycles. The minimum Gasteiger partial charge on any atom is -0.478 e. The van der Waals surface area contributed by atoms with E-state index in [1.165, 1.54) is 12.3 Å². The normalized spacial score (nSPS) is 11.3. The number of rotatable bonds is 4. The molecule has 3 aromatic rings. The summed E-state index contributed by atoms with van der Waals surface area (Å²) in [5, 5.41) is 9.44. The number of nitrogens with zero attached hydrogens (tertiary/aromatic N) is 2. The standard InChI is InChI=1S/C21H17F3N2O2/c1-13-6-9-19(17(10-13)20(27)28)26(2)16-7-8-18(25-12-16)14-4-3-5-15(11-14)21(22,23)24/h3-12H,1-2H3,(H,27,28). The number of anilines is 2. The van der Waals surface area contributed by atoms with Crippen LogP contribution in [0.2, 0.25) is 0 Å². The van der Waals surface area contributed by atoms with Crippen LogP contribution in [0.25, 0.3) is 11.3 Å². The van der Waals surface area contributed by atoms with Gasteiger partial charge in [-0.05, 0) is 43.3 Å². The SMILES string of the molecule is Cc1ccc(N(C)c2ccc(-c3cccc(C(F)(F)F)c3)nc2)c(C(=O)O)c1. The van der Waals surface area contributed by atoms with Crippen LogP contribution in [0, 0.1) is 6.92 Å². The lowest BCUT2D eigenvalue weighted by Crippen LogP contribution is -2.14. The Bertz CT molecular complexity index is 1010. The molecule has 0 unspecified atom stereocenters. The van der Waals surface area contributed by atoms with Crippen LogP contribution in [0.3, 0.4) is 0 Å². The summed E-state index contributed by atoms with van der Waals surface area (Å²) in [6, 6.07) is 13.4. The maximum Gasteiger partial charge on any atom is 0.416 e. The molecule has 0 aliphatic rings. The maximum absolute atomic E-state index is 12.9. The van der Waals surface area contributed by atoms with Gasteiger partial charge in [-0.3, -0.25) is 4.98 Å². The molecule has 1 aromatic heterocycles. The average molecular weight is 386 g/mol. The van der Waals surface area contributed by atoms with Crippen molar-refractivity contribution in [1.29, 1.82) is 0 Å². The fourth-order valence-electron chi connectivity index (χ4n) is 2.86. The Hall–Kier alpha value is -3.35. The summed E-state index contributed by atoms with van der Waals surface area (Å²) in [6.45, 7) is 1.81. The smallest absolute Gasteiger partial charge is 0.416 e. The fraction of sp³-hybridized carbons (Fsp3) is 0.143. The molecular weight excluding hydrogens is 369 g/mol. The highest BCUT2D eigenvalue weighted by Gasteiger charge is 2.30. The Balaban J connectivity index is 1.93. The predicted octanol–water partition coefficient (Wildman–Crippen LogP) is 5.54. The monoisotopic (exact) mass is 386 g/mol. The van der Waals surface area contributed by atoms with E-state index in [-0.39, 0.29) is 5.56 Å². The first-order valence-corrected chi connectivity index (χ1v) is 8.38. The molecule has 144 valence electrons. The number of halogens is 3. The highest BCUT2D eigenvalue weighted by Crippen LogP contribution is 2.33. The van der Waals surface area contributed by atoms with Crippen molar-refractivity contribution in [2.45, 2.75) is 13.1 Å². The number of carboxylic acid groups (broad SMARTS) is 1. The van der Waals surface area contributed by atoms with Crippen LogP contribution in [0.1, 0.15) is 21.5 Å². The van der Waals surface area contributed by atoms with Gasteiger partial charge in [0.2, 0.25) is 0 Å². The first kappa shape index (κ1) is 19.4. The number of pyridine rings is 1. The number of carbonyl (C=O) groups is 1. The number of aromatic carboxylic acids is 1. The zero-order chi connectivity index (χ0) is 20.5. The Morgan fingerprint density at radius 1 is 1.07 bits per heavy atom. The fourth-order valence-corrected chi connectivity index (χ4v) is 2.86. The number of benzene rings is 2. The second-order valence-corrected chi connectivity index (χ2v) is 6.36. The van der Waals surface area contributed by atoms with E-state index >= 15 is 0 Å². The summed E-state index contributed by atoms with van der Waals surface area (Å²) in [6.07, 6.45) is -2.92. The average Bonchev–Trinajstić information content (AvgIpc) is 2.67. The topological polar surface area (TPSA) is 53.4 Å². The third-order valence-corrected chi connectivity index (χ3v) is 4.36. The molecule has 0 aliphatic carbocycles. The Labute approximate surface area is 159 Å². The van der Waals surface area contributed by atoms with Crippen molar-refractivity contribution < 1.29 is 23.1 Å². The van der Waals surface area contributed by atoms with Gasteiger partial charge in [0, 0.05) is 12.6 Å². The van der Waals surface area contributed by atoms with Crippen LogP contribution in [-0.2, 0) is 6.18 Å². The van der Waals surface area contributed by atoms with E-state index in [1.807, 2.05) is 13.0 Å². The first-order valence-electron chi connectivity index (χ1n) is 8.38. The first-order chi connectivity index (χ1) is 13.2. The van der Waals surface area contributed by atoms with Crippen LogP contribution in [0.4, 0.5) is 24.5 Å². The highest BCUT2D eigenvalue weighted by atomic mass is 19.4. The van der Waals surface area contributed by atoms with Gasteiger partial charge in [-0.25, -0.2) is 4.79 Å². The zero-order valence-electron chi connectivity index (χ0n) is 15.2. The predicted molar refractivity (Wildman–Crippen MR) is 101 cm³/mol. The van der Waals surface area contributed by atoms with Gasteiger partial charge < -0.3 is 10.0 Å². The van der Waals surface area contributed by atoms with Gasteiger partial charge in [0.05, 0.1) is 34.4 Å². The molecule has 1 heterocycles. The van der Waals surface area contributed by atoms with E-state index in [0.717, 1.165) is 17.7 Å². The summed E-state index contributed by atoms with van der Waals surface area (Å²) in [4.78, 5) is 17.5. The highest BCUT2D eigenvalue weighted by molar-refractivity contribution is 5.95. The van der Waals surface area contributed by atoms with E-state index in [1.54, 1.807) is 42.3 Å². The molecule has 0 atom stereocenters. The van der Waals surface area contributed by atoms with Crippen LogP contribution in [0.15, 0.2) is 60.8 Å². The molecule has 0 bridgehead atoms. The van der Waals surface area contributed by atoms with E-state index in [2.05, 4.69) is 4.98 Å². The Kier molecular flexibility index (Phi) is 5.09. The number of alkyl halides is 3. The molecule has 0 fully saturated rings. The second-order valence-electron chi connectivity index (χ2n) is 6.36. The van der Waals surface area contributed by atoms with Crippen molar-refractivity contribution in [3.8, 4) is 11.3 Å². The number of hydrogen-bond acceptors (Lipinski definition) is 3. The molecule has 7 heteroatoms. The van der Waals surface area contributed by atoms with Crippen LogP contribution in [0.5, 0.6) is 0 Å². The van der Waals surface area contributed by atoms with Gasteiger partial charge in [0.1, 0.15) is 0 Å². The summed E-state index contributed by atoms with van der Waals surface area (Å²) >= 11 is 0. The Morgan fingerprint density at radius 2 is 1.82 bits per heavy atom. The lowest BCUT2D eigenvalue weighted by Gasteiger charge is -2.21. The third kappa shape index (κ3) is 3.98. The molecule has 4 nitrogen and oxygen atoms in total. The van der Waals surface area contributed by atoms with Crippen LogP contribution in [-0.4, -0.2) is 23.1 Å².